The predicted octanol–water partition coefficient (Wildman–Crippen LogP) is 2.88. The van der Waals surface area contributed by atoms with Gasteiger partial charge in [-0.05, 0) is 45.4 Å². The van der Waals surface area contributed by atoms with Gasteiger partial charge in [0.05, 0.1) is 5.69 Å². The molecule has 0 spiro atoms. The molecule has 1 heterocycles. The highest BCUT2D eigenvalue weighted by Gasteiger charge is 2.34. The van der Waals surface area contributed by atoms with E-state index in [0.29, 0.717) is 24.3 Å². The molecular weight excluding hydrogens is 262 g/mol. The minimum Gasteiger partial charge on any atom is -0.335 e. The normalized spacial score (nSPS) is 21.0. The number of rotatable bonds is 5. The Morgan fingerprint density at radius 3 is 2.67 bits per heavy atom. The van der Waals surface area contributed by atoms with E-state index in [9.17, 15) is 4.79 Å². The standard InChI is InChI=1S/C17H25N3O/c1-12-16(13(2)19(3)18-12)11-20(15-8-9-15)17(21)10-14-6-4-5-7-14/h4,6,14-15H,5,7-11H2,1-3H3. The Bertz CT molecular complexity index is 569. The third kappa shape index (κ3) is 3.04. The van der Waals surface area contributed by atoms with Crippen LogP contribution >= 0.6 is 0 Å². The lowest BCUT2D eigenvalue weighted by Gasteiger charge is -2.24. The Hall–Kier alpha value is -1.58. The second kappa shape index (κ2) is 5.66. The van der Waals surface area contributed by atoms with Crippen molar-refractivity contribution in [1.82, 2.24) is 14.7 Å². The first-order valence-corrected chi connectivity index (χ1v) is 8.01. The summed E-state index contributed by atoms with van der Waals surface area (Å²) in [4.78, 5) is 14.8. The molecular formula is C17H25N3O. The Labute approximate surface area is 126 Å². The number of carbonyl (C=O) groups is 1. The number of hydrogen-bond donors (Lipinski definition) is 0. The molecule has 4 heteroatoms. The smallest absolute Gasteiger partial charge is 0.223 e. The Morgan fingerprint density at radius 1 is 1.38 bits per heavy atom. The number of hydrogen-bond acceptors (Lipinski definition) is 2. The van der Waals surface area contributed by atoms with Crippen molar-refractivity contribution in [1.29, 1.82) is 0 Å². The van der Waals surface area contributed by atoms with Gasteiger partial charge < -0.3 is 4.90 Å². The second-order valence-electron chi connectivity index (χ2n) is 6.50. The topological polar surface area (TPSA) is 38.1 Å². The minimum atomic E-state index is 0.316. The van der Waals surface area contributed by atoms with Crippen LogP contribution in [0.1, 0.15) is 49.1 Å². The highest BCUT2D eigenvalue weighted by atomic mass is 16.2. The van der Waals surface area contributed by atoms with Crippen LogP contribution in [-0.2, 0) is 18.4 Å². The maximum absolute atomic E-state index is 12.7. The first-order chi connectivity index (χ1) is 10.1. The fourth-order valence-electron chi connectivity index (χ4n) is 3.23. The summed E-state index contributed by atoms with van der Waals surface area (Å²) in [6.07, 6.45) is 9.66. The maximum atomic E-state index is 12.7. The molecule has 1 atom stereocenters. The van der Waals surface area contributed by atoms with E-state index < -0.39 is 0 Å². The van der Waals surface area contributed by atoms with E-state index in [-0.39, 0.29) is 0 Å². The zero-order chi connectivity index (χ0) is 15.0. The Morgan fingerprint density at radius 2 is 2.14 bits per heavy atom. The minimum absolute atomic E-state index is 0.316. The fourth-order valence-corrected chi connectivity index (χ4v) is 3.23. The molecule has 1 aromatic heterocycles. The molecule has 0 N–H and O–H groups in total. The van der Waals surface area contributed by atoms with Gasteiger partial charge >= 0.3 is 0 Å². The molecule has 0 radical (unpaired) electrons. The van der Waals surface area contributed by atoms with Crippen molar-refractivity contribution < 1.29 is 4.79 Å². The zero-order valence-corrected chi connectivity index (χ0v) is 13.3. The van der Waals surface area contributed by atoms with Gasteiger partial charge in [0.15, 0.2) is 0 Å². The first kappa shape index (κ1) is 14.4. The van der Waals surface area contributed by atoms with Crippen LogP contribution in [0.15, 0.2) is 12.2 Å². The molecule has 0 saturated heterocycles. The molecule has 4 nitrogen and oxygen atoms in total. The van der Waals surface area contributed by atoms with Crippen LogP contribution in [0, 0.1) is 19.8 Å². The number of amides is 1. The highest BCUT2D eigenvalue weighted by molar-refractivity contribution is 5.77. The number of allylic oxidation sites excluding steroid dienone is 2. The third-order valence-electron chi connectivity index (χ3n) is 4.84. The van der Waals surface area contributed by atoms with E-state index in [0.717, 1.165) is 37.9 Å². The monoisotopic (exact) mass is 287 g/mol. The van der Waals surface area contributed by atoms with Gasteiger partial charge in [0.25, 0.3) is 0 Å². The van der Waals surface area contributed by atoms with Gasteiger partial charge in [0.1, 0.15) is 0 Å². The van der Waals surface area contributed by atoms with Crippen molar-refractivity contribution in [3.8, 4) is 0 Å². The molecule has 0 aromatic carbocycles. The van der Waals surface area contributed by atoms with Crippen LogP contribution in [0.2, 0.25) is 0 Å². The van der Waals surface area contributed by atoms with E-state index in [1.165, 1.54) is 11.3 Å². The summed E-state index contributed by atoms with van der Waals surface area (Å²) in [6.45, 7) is 4.85. The predicted molar refractivity (Wildman–Crippen MR) is 82.7 cm³/mol. The van der Waals surface area contributed by atoms with Gasteiger partial charge in [-0.15, -0.1) is 0 Å². The molecule has 114 valence electrons. The van der Waals surface area contributed by atoms with Gasteiger partial charge in [-0.1, -0.05) is 12.2 Å². The molecule has 1 amide bonds. The summed E-state index contributed by atoms with van der Waals surface area (Å²) in [5, 5.41) is 4.47. The van der Waals surface area contributed by atoms with Crippen LogP contribution in [0.3, 0.4) is 0 Å². The summed E-state index contributed by atoms with van der Waals surface area (Å²) in [5.41, 5.74) is 3.45. The van der Waals surface area contributed by atoms with E-state index in [2.05, 4.69) is 29.1 Å². The summed E-state index contributed by atoms with van der Waals surface area (Å²) in [5.74, 6) is 0.770. The van der Waals surface area contributed by atoms with E-state index in [1.807, 2.05) is 18.7 Å². The molecule has 21 heavy (non-hydrogen) atoms. The van der Waals surface area contributed by atoms with Gasteiger partial charge in [-0.25, -0.2) is 0 Å². The van der Waals surface area contributed by atoms with Crippen molar-refractivity contribution in [2.24, 2.45) is 13.0 Å². The van der Waals surface area contributed by atoms with Gasteiger partial charge in [-0.3, -0.25) is 9.48 Å². The maximum Gasteiger partial charge on any atom is 0.223 e. The average Bonchev–Trinajstić information content (AvgIpc) is 3.09. The van der Waals surface area contributed by atoms with Crippen molar-refractivity contribution in [2.75, 3.05) is 0 Å². The molecule has 3 rings (SSSR count). The number of aryl methyl sites for hydroxylation is 2. The average molecular weight is 287 g/mol. The largest absolute Gasteiger partial charge is 0.335 e. The lowest BCUT2D eigenvalue weighted by atomic mass is 10.0. The lowest BCUT2D eigenvalue weighted by molar-refractivity contribution is -0.133. The number of carbonyl (C=O) groups excluding carboxylic acids is 1. The van der Waals surface area contributed by atoms with Crippen molar-refractivity contribution in [3.63, 3.8) is 0 Å². The van der Waals surface area contributed by atoms with Crippen molar-refractivity contribution in [2.45, 2.75) is 58.5 Å². The third-order valence-corrected chi connectivity index (χ3v) is 4.84. The first-order valence-electron chi connectivity index (χ1n) is 8.01. The van der Waals surface area contributed by atoms with E-state index in [1.54, 1.807) is 0 Å². The van der Waals surface area contributed by atoms with Gasteiger partial charge in [0, 0.05) is 37.3 Å². The molecule has 2 aliphatic rings. The van der Waals surface area contributed by atoms with Crippen molar-refractivity contribution >= 4 is 5.91 Å². The van der Waals surface area contributed by atoms with Crippen LogP contribution < -0.4 is 0 Å². The fraction of sp³-hybridized carbons (Fsp3) is 0.647. The summed E-state index contributed by atoms with van der Waals surface area (Å²) >= 11 is 0. The van der Waals surface area contributed by atoms with Crippen LogP contribution in [-0.4, -0.2) is 26.6 Å². The van der Waals surface area contributed by atoms with Crippen LogP contribution in [0.4, 0.5) is 0 Å². The number of aromatic nitrogens is 2. The Kier molecular flexibility index (Phi) is 3.87. The second-order valence-corrected chi connectivity index (χ2v) is 6.50. The van der Waals surface area contributed by atoms with Crippen LogP contribution in [0.5, 0.6) is 0 Å². The molecule has 2 aliphatic carbocycles. The van der Waals surface area contributed by atoms with E-state index >= 15 is 0 Å². The summed E-state index contributed by atoms with van der Waals surface area (Å²) in [6, 6.07) is 0.460. The van der Waals surface area contributed by atoms with E-state index in [4.69, 9.17) is 0 Å². The molecule has 1 aromatic rings. The molecule has 1 fully saturated rings. The molecule has 1 unspecified atom stereocenters. The van der Waals surface area contributed by atoms with Gasteiger partial charge in [-0.2, -0.15) is 5.10 Å². The summed E-state index contributed by atoms with van der Waals surface area (Å²) < 4.78 is 1.92. The molecule has 0 aliphatic heterocycles. The van der Waals surface area contributed by atoms with Crippen molar-refractivity contribution in [3.05, 3.63) is 29.1 Å². The highest BCUT2D eigenvalue weighted by Crippen LogP contribution is 2.31. The van der Waals surface area contributed by atoms with Crippen LogP contribution in [0.25, 0.3) is 0 Å². The summed E-state index contributed by atoms with van der Waals surface area (Å²) in [7, 11) is 1.97. The number of nitrogens with zero attached hydrogens (tertiary/aromatic N) is 3. The van der Waals surface area contributed by atoms with Gasteiger partial charge in [0.2, 0.25) is 5.91 Å². The SMILES string of the molecule is Cc1nn(C)c(C)c1CN(C(=O)CC1C=CCC1)C1CC1. The lowest BCUT2D eigenvalue weighted by Crippen LogP contribution is -2.33. The zero-order valence-electron chi connectivity index (χ0n) is 13.3. The molecule has 0 bridgehead atoms. The Balaban J connectivity index is 1.72. The quantitative estimate of drug-likeness (QED) is 0.781. The molecule has 1 saturated carbocycles.